The van der Waals surface area contributed by atoms with Gasteiger partial charge < -0.3 is 20.9 Å². The van der Waals surface area contributed by atoms with Gasteiger partial charge in [-0.15, -0.1) is 0 Å². The van der Waals surface area contributed by atoms with Gasteiger partial charge in [0, 0.05) is 50.1 Å². The molecule has 0 bridgehead atoms. The van der Waals surface area contributed by atoms with E-state index >= 15 is 0 Å². The minimum Gasteiger partial charge on any atom is -0.377 e. The summed E-state index contributed by atoms with van der Waals surface area (Å²) in [5.74, 6) is 0.297. The van der Waals surface area contributed by atoms with E-state index in [1.54, 1.807) is 24.5 Å². The molecule has 7 nitrogen and oxygen atoms in total. The maximum atomic E-state index is 13.0. The van der Waals surface area contributed by atoms with Crippen molar-refractivity contribution in [2.75, 3.05) is 29.6 Å². The van der Waals surface area contributed by atoms with E-state index in [9.17, 15) is 9.59 Å². The number of nitrogens with one attached hydrogen (secondary N) is 3. The number of anilines is 3. The molecule has 7 heteroatoms. The molecule has 3 N–H and O–H groups in total. The number of hydrogen-bond donors (Lipinski definition) is 3. The smallest absolute Gasteiger partial charge is 0.323 e. The zero-order valence-corrected chi connectivity index (χ0v) is 21.3. The largest absolute Gasteiger partial charge is 0.377 e. The van der Waals surface area contributed by atoms with E-state index in [-0.39, 0.29) is 23.8 Å². The minimum absolute atomic E-state index is 0.228. The predicted molar refractivity (Wildman–Crippen MR) is 143 cm³/mol. The molecule has 1 aromatic heterocycles. The van der Waals surface area contributed by atoms with Crippen molar-refractivity contribution in [3.05, 3.63) is 83.2 Å². The number of nitrogens with zero attached hydrogens (tertiary/aromatic N) is 2. The Hall–Kier alpha value is -3.87. The van der Waals surface area contributed by atoms with E-state index in [4.69, 9.17) is 0 Å². The molecule has 1 heterocycles. The van der Waals surface area contributed by atoms with Gasteiger partial charge in [0.25, 0.3) is 5.91 Å². The van der Waals surface area contributed by atoms with Gasteiger partial charge in [0.05, 0.1) is 5.56 Å². The Balaban J connectivity index is 1.81. The molecule has 3 amide bonds. The van der Waals surface area contributed by atoms with Crippen molar-refractivity contribution in [3.8, 4) is 0 Å². The number of carbonyl (C=O) groups is 2. The quantitative estimate of drug-likeness (QED) is 0.376. The van der Waals surface area contributed by atoms with E-state index in [2.05, 4.69) is 48.6 Å². The van der Waals surface area contributed by atoms with Crippen molar-refractivity contribution in [3.63, 3.8) is 0 Å². The Morgan fingerprint density at radius 1 is 0.914 bits per heavy atom. The molecular weight excluding hydrogens is 438 g/mol. The average Bonchev–Trinajstić information content (AvgIpc) is 2.82. The van der Waals surface area contributed by atoms with Crippen LogP contribution in [-0.2, 0) is 6.54 Å². The lowest BCUT2D eigenvalue weighted by Gasteiger charge is -2.21. The van der Waals surface area contributed by atoms with E-state index in [1.165, 1.54) is 0 Å². The molecule has 2 aromatic carbocycles. The van der Waals surface area contributed by atoms with E-state index in [1.807, 2.05) is 55.4 Å². The maximum absolute atomic E-state index is 13.0. The summed E-state index contributed by atoms with van der Waals surface area (Å²) in [6.45, 7) is 8.80. The average molecular weight is 474 g/mol. The van der Waals surface area contributed by atoms with Gasteiger partial charge in [0.2, 0.25) is 0 Å². The van der Waals surface area contributed by atoms with Crippen molar-refractivity contribution in [1.82, 2.24) is 10.3 Å². The van der Waals surface area contributed by atoms with Crippen LogP contribution in [0.15, 0.2) is 60.9 Å². The van der Waals surface area contributed by atoms with Crippen LogP contribution in [0.3, 0.4) is 0 Å². The zero-order chi connectivity index (χ0) is 25.5. The summed E-state index contributed by atoms with van der Waals surface area (Å²) in [5, 5.41) is 8.89. The highest BCUT2D eigenvalue weighted by Gasteiger charge is 2.18. The van der Waals surface area contributed by atoms with Crippen LogP contribution >= 0.6 is 0 Å². The Labute approximate surface area is 208 Å². The molecule has 0 fully saturated rings. The van der Waals surface area contributed by atoms with Crippen LogP contribution in [0, 0.1) is 0 Å². The highest BCUT2D eigenvalue weighted by molar-refractivity contribution is 6.04. The molecule has 184 valence electrons. The van der Waals surface area contributed by atoms with Crippen LogP contribution in [0.25, 0.3) is 0 Å². The molecule has 0 radical (unpaired) electrons. The molecule has 0 spiro atoms. The second kappa shape index (κ2) is 11.5. The van der Waals surface area contributed by atoms with Gasteiger partial charge in [-0.3, -0.25) is 9.78 Å². The maximum Gasteiger partial charge on any atom is 0.323 e. The van der Waals surface area contributed by atoms with Crippen molar-refractivity contribution in [2.24, 2.45) is 0 Å². The topological polar surface area (TPSA) is 86.4 Å². The summed E-state index contributed by atoms with van der Waals surface area (Å²) in [4.78, 5) is 32.0. The predicted octanol–water partition coefficient (Wildman–Crippen LogP) is 5.97. The van der Waals surface area contributed by atoms with Crippen molar-refractivity contribution < 1.29 is 9.59 Å². The number of urea groups is 1. The first-order chi connectivity index (χ1) is 16.7. The Morgan fingerprint density at radius 2 is 1.60 bits per heavy atom. The van der Waals surface area contributed by atoms with Crippen LogP contribution < -0.4 is 20.9 Å². The van der Waals surface area contributed by atoms with Gasteiger partial charge in [-0.25, -0.2) is 4.79 Å². The van der Waals surface area contributed by atoms with Crippen molar-refractivity contribution in [2.45, 2.75) is 46.1 Å². The molecule has 0 atom stereocenters. The molecule has 0 aliphatic carbocycles. The molecule has 0 unspecified atom stereocenters. The molecule has 0 saturated heterocycles. The third kappa shape index (κ3) is 6.59. The van der Waals surface area contributed by atoms with Crippen LogP contribution in [0.5, 0.6) is 0 Å². The Bertz CT molecular complexity index is 1150. The van der Waals surface area contributed by atoms with Crippen LogP contribution in [0.4, 0.5) is 21.9 Å². The molecule has 3 rings (SSSR count). The van der Waals surface area contributed by atoms with Crippen molar-refractivity contribution >= 4 is 29.0 Å². The van der Waals surface area contributed by atoms with Gasteiger partial charge >= 0.3 is 6.03 Å². The highest BCUT2D eigenvalue weighted by Crippen LogP contribution is 2.32. The van der Waals surface area contributed by atoms with Crippen molar-refractivity contribution in [1.29, 1.82) is 0 Å². The second-order valence-electron chi connectivity index (χ2n) is 9.37. The summed E-state index contributed by atoms with van der Waals surface area (Å²) in [5.41, 5.74) is 5.69. The standard InChI is InChI=1S/C28H35N5O2/c1-18(2)22-10-7-11-23(19(3)4)26(22)32-28(35)31-21-12-13-25(33(5)6)24(15-21)27(34)30-17-20-9-8-14-29-16-20/h7-16,18-19H,17H2,1-6H3,(H,30,34)(H2,31,32,35). The number of carbonyl (C=O) groups excluding carboxylic acids is 2. The van der Waals surface area contributed by atoms with E-state index in [0.29, 0.717) is 17.8 Å². The zero-order valence-electron chi connectivity index (χ0n) is 21.3. The monoisotopic (exact) mass is 473 g/mol. The fraction of sp³-hybridized carbons (Fsp3) is 0.321. The summed E-state index contributed by atoms with van der Waals surface area (Å²) >= 11 is 0. The third-order valence-electron chi connectivity index (χ3n) is 5.77. The first-order valence-electron chi connectivity index (χ1n) is 11.9. The number of aromatic nitrogens is 1. The van der Waals surface area contributed by atoms with Gasteiger partial charge in [-0.05, 0) is 52.8 Å². The number of rotatable bonds is 8. The molecule has 0 aliphatic heterocycles. The summed E-state index contributed by atoms with van der Waals surface area (Å²) in [7, 11) is 3.76. The fourth-order valence-corrected chi connectivity index (χ4v) is 3.94. The van der Waals surface area contributed by atoms with Gasteiger partial charge in [-0.1, -0.05) is 52.0 Å². The molecular formula is C28H35N5O2. The number of benzene rings is 2. The second-order valence-corrected chi connectivity index (χ2v) is 9.37. The van der Waals surface area contributed by atoms with Crippen LogP contribution in [-0.4, -0.2) is 31.0 Å². The SMILES string of the molecule is CC(C)c1cccc(C(C)C)c1NC(=O)Nc1ccc(N(C)C)c(C(=O)NCc2cccnc2)c1. The number of hydrogen-bond acceptors (Lipinski definition) is 4. The van der Waals surface area contributed by atoms with Crippen LogP contribution in [0.2, 0.25) is 0 Å². The van der Waals surface area contributed by atoms with Gasteiger partial charge in [0.15, 0.2) is 0 Å². The summed E-state index contributed by atoms with van der Waals surface area (Å²) in [6, 6.07) is 14.8. The normalized spacial score (nSPS) is 10.9. The number of amides is 3. The lowest BCUT2D eigenvalue weighted by atomic mass is 9.93. The lowest BCUT2D eigenvalue weighted by Crippen LogP contribution is -2.26. The molecule has 3 aromatic rings. The summed E-state index contributed by atoms with van der Waals surface area (Å²) < 4.78 is 0. The first-order valence-corrected chi connectivity index (χ1v) is 11.9. The van der Waals surface area contributed by atoms with Gasteiger partial charge in [0.1, 0.15) is 0 Å². The molecule has 0 aliphatic rings. The number of pyridine rings is 1. The molecule has 35 heavy (non-hydrogen) atoms. The highest BCUT2D eigenvalue weighted by atomic mass is 16.2. The Kier molecular flexibility index (Phi) is 8.47. The molecule has 0 saturated carbocycles. The van der Waals surface area contributed by atoms with E-state index < -0.39 is 0 Å². The van der Waals surface area contributed by atoms with E-state index in [0.717, 1.165) is 28.1 Å². The Morgan fingerprint density at radius 3 is 2.17 bits per heavy atom. The number of para-hydroxylation sites is 1. The van der Waals surface area contributed by atoms with Gasteiger partial charge in [-0.2, -0.15) is 0 Å². The first kappa shape index (κ1) is 25.7. The minimum atomic E-state index is -0.348. The fourth-order valence-electron chi connectivity index (χ4n) is 3.94. The lowest BCUT2D eigenvalue weighted by molar-refractivity contribution is 0.0951. The third-order valence-corrected chi connectivity index (χ3v) is 5.77. The van der Waals surface area contributed by atoms with Crippen LogP contribution in [0.1, 0.15) is 66.6 Å². The summed E-state index contributed by atoms with van der Waals surface area (Å²) in [6.07, 6.45) is 3.41.